The van der Waals surface area contributed by atoms with Crippen LogP contribution in [0.15, 0.2) is 54.6 Å². The number of benzene rings is 2. The predicted octanol–water partition coefficient (Wildman–Crippen LogP) is 5.70. The summed E-state index contributed by atoms with van der Waals surface area (Å²) < 4.78 is 20.7. The lowest BCUT2D eigenvalue weighted by Gasteiger charge is -2.29. The van der Waals surface area contributed by atoms with Gasteiger partial charge in [0.05, 0.1) is 0 Å². The molecule has 1 aromatic heterocycles. The largest absolute Gasteiger partial charge is 0.489 e. The summed E-state index contributed by atoms with van der Waals surface area (Å²) in [6, 6.07) is 16.5. The van der Waals surface area contributed by atoms with Crippen LogP contribution < -0.4 is 4.74 Å². The van der Waals surface area contributed by atoms with Gasteiger partial charge in [-0.2, -0.15) is 0 Å². The van der Waals surface area contributed by atoms with Gasteiger partial charge in [0.1, 0.15) is 30.2 Å². The van der Waals surface area contributed by atoms with Gasteiger partial charge in [-0.15, -0.1) is 0 Å². The number of pyridine rings is 1. The monoisotopic (exact) mass is 452 g/mol. The van der Waals surface area contributed by atoms with Crippen molar-refractivity contribution >= 4 is 17.9 Å². The van der Waals surface area contributed by atoms with Crippen molar-refractivity contribution in [1.82, 2.24) is 9.88 Å². The lowest BCUT2D eigenvalue weighted by molar-refractivity contribution is -0.110. The Labute approximate surface area is 193 Å². The second-order valence-electron chi connectivity index (χ2n) is 8.30. The smallest absolute Gasteiger partial charge is 0.149 e. The number of halogens is 2. The molecule has 1 unspecified atom stereocenters. The van der Waals surface area contributed by atoms with Crippen molar-refractivity contribution in [3.05, 3.63) is 82.3 Å². The summed E-state index contributed by atoms with van der Waals surface area (Å²) in [4.78, 5) is 17.7. The molecular formula is C26H26ClFN2O2. The molecule has 3 aromatic rings. The molecule has 2 heterocycles. The maximum Gasteiger partial charge on any atom is 0.149 e. The maximum atomic E-state index is 14.9. The summed E-state index contributed by atoms with van der Waals surface area (Å²) in [5.74, 6) is 0.429. The SMILES string of the molecule is CC(C=O)CCN1CCc2nc(-c3ccc(OCc4cccc(Cl)c4)cc3)c(F)cc2C1. The first kappa shape index (κ1) is 22.4. The third-order valence-electron chi connectivity index (χ3n) is 5.76. The van der Waals surface area contributed by atoms with Crippen molar-refractivity contribution < 1.29 is 13.9 Å². The van der Waals surface area contributed by atoms with Gasteiger partial charge < -0.3 is 9.53 Å². The first-order valence-electron chi connectivity index (χ1n) is 10.9. The number of aromatic nitrogens is 1. The zero-order valence-corrected chi connectivity index (χ0v) is 18.8. The zero-order chi connectivity index (χ0) is 22.5. The second-order valence-corrected chi connectivity index (χ2v) is 8.73. The molecule has 1 atom stereocenters. The molecular weight excluding hydrogens is 427 g/mol. The van der Waals surface area contributed by atoms with E-state index in [2.05, 4.69) is 9.88 Å². The molecule has 0 amide bonds. The minimum atomic E-state index is -0.320. The molecule has 0 saturated heterocycles. The Bertz CT molecular complexity index is 1090. The molecule has 1 aliphatic heterocycles. The van der Waals surface area contributed by atoms with E-state index < -0.39 is 0 Å². The van der Waals surface area contributed by atoms with Crippen LogP contribution in [0.5, 0.6) is 5.75 Å². The standard InChI is InChI=1S/C26H26ClFN2O2/c1-18(16-31)9-11-30-12-10-25-21(15-30)14-24(28)26(29-25)20-5-7-23(8-6-20)32-17-19-3-2-4-22(27)13-19/h2-8,13-14,16,18H,9-12,15,17H2,1H3. The topological polar surface area (TPSA) is 42.4 Å². The third-order valence-corrected chi connectivity index (χ3v) is 5.99. The van der Waals surface area contributed by atoms with E-state index in [1.807, 2.05) is 55.5 Å². The highest BCUT2D eigenvalue weighted by atomic mass is 35.5. The van der Waals surface area contributed by atoms with Gasteiger partial charge in [0.25, 0.3) is 0 Å². The lowest BCUT2D eigenvalue weighted by atomic mass is 10.0. The van der Waals surface area contributed by atoms with E-state index in [0.717, 1.165) is 54.6 Å². The van der Waals surface area contributed by atoms with Crippen LogP contribution in [0.25, 0.3) is 11.3 Å². The van der Waals surface area contributed by atoms with Crippen LogP contribution >= 0.6 is 11.6 Å². The maximum absolute atomic E-state index is 14.9. The molecule has 0 fully saturated rings. The molecule has 0 aliphatic carbocycles. The van der Waals surface area contributed by atoms with Crippen molar-refractivity contribution in [3.8, 4) is 17.0 Å². The summed E-state index contributed by atoms with van der Waals surface area (Å²) >= 11 is 6.01. The van der Waals surface area contributed by atoms with Gasteiger partial charge in [-0.25, -0.2) is 9.37 Å². The number of fused-ring (bicyclic) bond motifs is 1. The third kappa shape index (κ3) is 5.53. The minimum absolute atomic E-state index is 0.0473. The summed E-state index contributed by atoms with van der Waals surface area (Å²) in [6.45, 7) is 4.70. The Morgan fingerprint density at radius 3 is 2.78 bits per heavy atom. The van der Waals surface area contributed by atoms with Crippen molar-refractivity contribution in [2.45, 2.75) is 32.9 Å². The number of nitrogens with zero attached hydrogens (tertiary/aromatic N) is 2. The first-order chi connectivity index (χ1) is 15.5. The van der Waals surface area contributed by atoms with Crippen LogP contribution in [0, 0.1) is 11.7 Å². The molecule has 2 aromatic carbocycles. The van der Waals surface area contributed by atoms with Crippen LogP contribution in [-0.4, -0.2) is 29.3 Å². The normalized spacial score (nSPS) is 14.6. The Morgan fingerprint density at radius 2 is 2.03 bits per heavy atom. The summed E-state index contributed by atoms with van der Waals surface area (Å²) in [6.07, 6.45) is 2.58. The quantitative estimate of drug-likeness (QED) is 0.411. The fraction of sp³-hybridized carbons (Fsp3) is 0.308. The Morgan fingerprint density at radius 1 is 1.22 bits per heavy atom. The highest BCUT2D eigenvalue weighted by molar-refractivity contribution is 6.30. The number of rotatable bonds is 8. The minimum Gasteiger partial charge on any atom is -0.489 e. The molecule has 6 heteroatoms. The molecule has 0 spiro atoms. The number of carbonyl (C=O) groups excluding carboxylic acids is 1. The van der Waals surface area contributed by atoms with E-state index in [1.54, 1.807) is 6.07 Å². The van der Waals surface area contributed by atoms with E-state index in [-0.39, 0.29) is 11.7 Å². The van der Waals surface area contributed by atoms with Crippen molar-refractivity contribution in [2.24, 2.45) is 5.92 Å². The van der Waals surface area contributed by atoms with Gasteiger partial charge >= 0.3 is 0 Å². The van der Waals surface area contributed by atoms with Crippen LogP contribution in [0.4, 0.5) is 4.39 Å². The van der Waals surface area contributed by atoms with Gasteiger partial charge in [0.2, 0.25) is 0 Å². The van der Waals surface area contributed by atoms with E-state index in [0.29, 0.717) is 29.6 Å². The highest BCUT2D eigenvalue weighted by Crippen LogP contribution is 2.28. The fourth-order valence-electron chi connectivity index (χ4n) is 3.85. The average molecular weight is 453 g/mol. The van der Waals surface area contributed by atoms with Gasteiger partial charge in [-0.3, -0.25) is 4.90 Å². The van der Waals surface area contributed by atoms with Crippen LogP contribution in [0.2, 0.25) is 5.02 Å². The number of ether oxygens (including phenoxy) is 1. The molecule has 0 N–H and O–H groups in total. The van der Waals surface area contributed by atoms with Crippen LogP contribution in [0.3, 0.4) is 0 Å². The second kappa shape index (κ2) is 10.2. The fourth-order valence-corrected chi connectivity index (χ4v) is 4.07. The van der Waals surface area contributed by atoms with Gasteiger partial charge in [0.15, 0.2) is 0 Å². The average Bonchev–Trinajstić information content (AvgIpc) is 2.81. The summed E-state index contributed by atoms with van der Waals surface area (Å²) in [5, 5.41) is 0.675. The molecule has 0 radical (unpaired) electrons. The molecule has 4 nitrogen and oxygen atoms in total. The predicted molar refractivity (Wildman–Crippen MR) is 124 cm³/mol. The zero-order valence-electron chi connectivity index (χ0n) is 18.1. The molecule has 1 aliphatic rings. The molecule has 0 saturated carbocycles. The summed E-state index contributed by atoms with van der Waals surface area (Å²) in [7, 11) is 0. The van der Waals surface area contributed by atoms with Gasteiger partial charge in [-0.05, 0) is 66.6 Å². The Kier molecular flexibility index (Phi) is 7.18. The molecule has 0 bridgehead atoms. The molecule has 32 heavy (non-hydrogen) atoms. The highest BCUT2D eigenvalue weighted by Gasteiger charge is 2.21. The van der Waals surface area contributed by atoms with E-state index in [9.17, 15) is 9.18 Å². The number of aldehydes is 1. The summed E-state index contributed by atoms with van der Waals surface area (Å²) in [5.41, 5.74) is 3.95. The van der Waals surface area contributed by atoms with E-state index in [1.165, 1.54) is 0 Å². The number of carbonyl (C=O) groups is 1. The molecule has 166 valence electrons. The Hall–Kier alpha value is -2.76. The van der Waals surface area contributed by atoms with Crippen LogP contribution in [0.1, 0.15) is 30.2 Å². The van der Waals surface area contributed by atoms with Crippen molar-refractivity contribution in [2.75, 3.05) is 13.1 Å². The van der Waals surface area contributed by atoms with Gasteiger partial charge in [-0.1, -0.05) is 30.7 Å². The molecule has 4 rings (SSSR count). The number of hydrogen-bond acceptors (Lipinski definition) is 4. The first-order valence-corrected chi connectivity index (χ1v) is 11.2. The Balaban J connectivity index is 1.42. The van der Waals surface area contributed by atoms with Gasteiger partial charge in [0, 0.05) is 41.7 Å². The number of hydrogen-bond donors (Lipinski definition) is 0. The van der Waals surface area contributed by atoms with Crippen molar-refractivity contribution in [1.29, 1.82) is 0 Å². The van der Waals surface area contributed by atoms with E-state index in [4.69, 9.17) is 16.3 Å². The van der Waals surface area contributed by atoms with Crippen molar-refractivity contribution in [3.63, 3.8) is 0 Å². The van der Waals surface area contributed by atoms with E-state index >= 15 is 0 Å². The lowest BCUT2D eigenvalue weighted by Crippen LogP contribution is -2.33. The van der Waals surface area contributed by atoms with Crippen LogP contribution in [-0.2, 0) is 24.4 Å².